The van der Waals surface area contributed by atoms with Gasteiger partial charge in [0.25, 0.3) is 0 Å². The summed E-state index contributed by atoms with van der Waals surface area (Å²) < 4.78 is 0. The van der Waals surface area contributed by atoms with E-state index in [1.165, 1.54) is 32.1 Å². The van der Waals surface area contributed by atoms with Crippen molar-refractivity contribution in [3.05, 3.63) is 0 Å². The SMILES string of the molecule is CCN(C(=O)CN1CCCC(O)C1)C1CCCCC1. The Labute approximate surface area is 116 Å². The smallest absolute Gasteiger partial charge is 0.236 e. The number of β-amino-alcohol motifs (C(OH)–C–C–N with tert-alkyl or cyclic N) is 1. The zero-order valence-electron chi connectivity index (χ0n) is 12.2. The average molecular weight is 268 g/mol. The molecule has 0 aromatic carbocycles. The molecule has 0 aromatic rings. The molecule has 4 nitrogen and oxygen atoms in total. The highest BCUT2D eigenvalue weighted by Gasteiger charge is 2.26. The molecule has 1 unspecified atom stereocenters. The molecule has 1 saturated carbocycles. The number of carbonyl (C=O) groups is 1. The number of aliphatic hydroxyl groups is 1. The lowest BCUT2D eigenvalue weighted by Gasteiger charge is -2.36. The third-order valence-corrected chi connectivity index (χ3v) is 4.52. The van der Waals surface area contributed by atoms with Gasteiger partial charge in [0, 0.05) is 19.1 Å². The molecule has 4 heteroatoms. The van der Waals surface area contributed by atoms with Crippen LogP contribution in [0.25, 0.3) is 0 Å². The summed E-state index contributed by atoms with van der Waals surface area (Å²) in [6.07, 6.45) is 7.82. The van der Waals surface area contributed by atoms with Crippen molar-refractivity contribution in [1.82, 2.24) is 9.80 Å². The lowest BCUT2D eigenvalue weighted by molar-refractivity contribution is -0.135. The third-order valence-electron chi connectivity index (χ3n) is 4.52. The summed E-state index contributed by atoms with van der Waals surface area (Å²) in [7, 11) is 0. The van der Waals surface area contributed by atoms with E-state index in [9.17, 15) is 9.90 Å². The zero-order chi connectivity index (χ0) is 13.7. The molecule has 0 aromatic heterocycles. The second-order valence-corrected chi connectivity index (χ2v) is 6.00. The van der Waals surface area contributed by atoms with Gasteiger partial charge < -0.3 is 10.0 Å². The van der Waals surface area contributed by atoms with Crippen LogP contribution in [-0.4, -0.2) is 59.1 Å². The molecule has 0 radical (unpaired) electrons. The van der Waals surface area contributed by atoms with Gasteiger partial charge in [-0.15, -0.1) is 0 Å². The van der Waals surface area contributed by atoms with Crippen LogP contribution >= 0.6 is 0 Å². The Bertz CT molecular complexity index is 290. The number of likely N-dealkylation sites (N-methyl/N-ethyl adjacent to an activating group) is 1. The number of carbonyl (C=O) groups excluding carboxylic acids is 1. The molecule has 1 atom stereocenters. The fraction of sp³-hybridized carbons (Fsp3) is 0.933. The largest absolute Gasteiger partial charge is 0.392 e. The summed E-state index contributed by atoms with van der Waals surface area (Å²) in [5.74, 6) is 0.253. The fourth-order valence-corrected chi connectivity index (χ4v) is 3.49. The van der Waals surface area contributed by atoms with E-state index in [0.717, 1.165) is 25.9 Å². The van der Waals surface area contributed by atoms with Crippen molar-refractivity contribution in [2.75, 3.05) is 26.2 Å². The highest BCUT2D eigenvalue weighted by molar-refractivity contribution is 5.78. The summed E-state index contributed by atoms with van der Waals surface area (Å²) in [6, 6.07) is 0.459. The third kappa shape index (κ3) is 4.18. The Hall–Kier alpha value is -0.610. The van der Waals surface area contributed by atoms with E-state index >= 15 is 0 Å². The maximum Gasteiger partial charge on any atom is 0.236 e. The standard InChI is InChI=1S/C15H28N2O2/c1-2-17(13-7-4-3-5-8-13)15(19)12-16-10-6-9-14(18)11-16/h13-14,18H,2-12H2,1H3. The molecular weight excluding hydrogens is 240 g/mol. The van der Waals surface area contributed by atoms with Crippen molar-refractivity contribution in [2.24, 2.45) is 0 Å². The Kier molecular flexibility index (Phi) is 5.64. The van der Waals surface area contributed by atoms with Crippen molar-refractivity contribution in [3.63, 3.8) is 0 Å². The molecule has 1 amide bonds. The molecule has 0 bridgehead atoms. The van der Waals surface area contributed by atoms with Gasteiger partial charge in [0.05, 0.1) is 12.6 Å². The number of likely N-dealkylation sites (tertiary alicyclic amines) is 1. The summed E-state index contributed by atoms with van der Waals surface area (Å²) in [5, 5.41) is 9.67. The Morgan fingerprint density at radius 3 is 2.58 bits per heavy atom. The highest BCUT2D eigenvalue weighted by Crippen LogP contribution is 2.23. The van der Waals surface area contributed by atoms with Crippen molar-refractivity contribution in [3.8, 4) is 0 Å². The first-order valence-corrected chi connectivity index (χ1v) is 7.90. The number of piperidine rings is 1. The first-order chi connectivity index (χ1) is 9.20. The minimum absolute atomic E-state index is 0.244. The second-order valence-electron chi connectivity index (χ2n) is 6.00. The van der Waals surface area contributed by atoms with Gasteiger partial charge in [-0.05, 0) is 39.2 Å². The van der Waals surface area contributed by atoms with Crippen molar-refractivity contribution in [1.29, 1.82) is 0 Å². The van der Waals surface area contributed by atoms with Crippen molar-refractivity contribution < 1.29 is 9.90 Å². The number of rotatable bonds is 4. The number of aliphatic hydroxyl groups excluding tert-OH is 1. The van der Waals surface area contributed by atoms with Crippen LogP contribution in [0.3, 0.4) is 0 Å². The molecule has 1 heterocycles. The Balaban J connectivity index is 1.85. The van der Waals surface area contributed by atoms with E-state index in [1.54, 1.807) is 0 Å². The minimum Gasteiger partial charge on any atom is -0.392 e. The van der Waals surface area contributed by atoms with Gasteiger partial charge in [0.15, 0.2) is 0 Å². The van der Waals surface area contributed by atoms with Gasteiger partial charge >= 0.3 is 0 Å². The lowest BCUT2D eigenvalue weighted by Crippen LogP contribution is -2.49. The molecule has 2 rings (SSSR count). The quantitative estimate of drug-likeness (QED) is 0.842. The predicted octanol–water partition coefficient (Wildman–Crippen LogP) is 1.62. The lowest BCUT2D eigenvalue weighted by atomic mass is 9.94. The first kappa shape index (κ1) is 14.8. The number of hydrogen-bond acceptors (Lipinski definition) is 3. The Morgan fingerprint density at radius 2 is 1.95 bits per heavy atom. The fourth-order valence-electron chi connectivity index (χ4n) is 3.49. The molecule has 1 saturated heterocycles. The average Bonchev–Trinajstić information content (AvgIpc) is 2.41. The Morgan fingerprint density at radius 1 is 1.21 bits per heavy atom. The maximum absolute atomic E-state index is 12.5. The number of amides is 1. The summed E-state index contributed by atoms with van der Waals surface area (Å²) in [5.41, 5.74) is 0. The molecule has 2 aliphatic rings. The van der Waals surface area contributed by atoms with Crippen LogP contribution in [0.15, 0.2) is 0 Å². The molecule has 0 spiro atoms. The van der Waals surface area contributed by atoms with E-state index in [0.29, 0.717) is 19.1 Å². The maximum atomic E-state index is 12.5. The van der Waals surface area contributed by atoms with Crippen molar-refractivity contribution in [2.45, 2.75) is 64.0 Å². The summed E-state index contributed by atoms with van der Waals surface area (Å²) in [4.78, 5) is 16.6. The van der Waals surface area contributed by atoms with E-state index in [1.807, 2.05) is 0 Å². The van der Waals surface area contributed by atoms with Crippen LogP contribution in [0.1, 0.15) is 51.9 Å². The number of hydrogen-bond donors (Lipinski definition) is 1. The highest BCUT2D eigenvalue weighted by atomic mass is 16.3. The van der Waals surface area contributed by atoms with Crippen LogP contribution in [0.4, 0.5) is 0 Å². The van der Waals surface area contributed by atoms with Gasteiger partial charge in [-0.1, -0.05) is 19.3 Å². The van der Waals surface area contributed by atoms with E-state index < -0.39 is 0 Å². The van der Waals surface area contributed by atoms with Crippen LogP contribution in [0.2, 0.25) is 0 Å². The molecule has 1 aliphatic heterocycles. The van der Waals surface area contributed by atoms with Gasteiger partial charge in [0.2, 0.25) is 5.91 Å². The predicted molar refractivity (Wildman–Crippen MR) is 75.9 cm³/mol. The monoisotopic (exact) mass is 268 g/mol. The van der Waals surface area contributed by atoms with E-state index in [2.05, 4.69) is 16.7 Å². The normalized spacial score (nSPS) is 26.3. The van der Waals surface area contributed by atoms with Crippen LogP contribution < -0.4 is 0 Å². The topological polar surface area (TPSA) is 43.8 Å². The molecule has 1 aliphatic carbocycles. The van der Waals surface area contributed by atoms with Gasteiger partial charge in [-0.25, -0.2) is 0 Å². The van der Waals surface area contributed by atoms with E-state index in [-0.39, 0.29) is 12.0 Å². The summed E-state index contributed by atoms with van der Waals surface area (Å²) in [6.45, 7) is 5.00. The van der Waals surface area contributed by atoms with Gasteiger partial charge in [0.1, 0.15) is 0 Å². The molecular formula is C15H28N2O2. The van der Waals surface area contributed by atoms with Crippen LogP contribution in [0, 0.1) is 0 Å². The molecule has 2 fully saturated rings. The second kappa shape index (κ2) is 7.25. The van der Waals surface area contributed by atoms with Crippen molar-refractivity contribution >= 4 is 5.91 Å². The summed E-state index contributed by atoms with van der Waals surface area (Å²) >= 11 is 0. The van der Waals surface area contributed by atoms with Gasteiger partial charge in [-0.2, -0.15) is 0 Å². The molecule has 1 N–H and O–H groups in total. The minimum atomic E-state index is -0.244. The van der Waals surface area contributed by atoms with Gasteiger partial charge in [-0.3, -0.25) is 9.69 Å². The number of nitrogens with zero attached hydrogens (tertiary/aromatic N) is 2. The van der Waals surface area contributed by atoms with E-state index in [4.69, 9.17) is 0 Å². The molecule has 110 valence electrons. The zero-order valence-corrected chi connectivity index (χ0v) is 12.2. The van der Waals surface area contributed by atoms with Crippen LogP contribution in [0.5, 0.6) is 0 Å². The molecule has 19 heavy (non-hydrogen) atoms. The van der Waals surface area contributed by atoms with Crippen LogP contribution in [-0.2, 0) is 4.79 Å². The first-order valence-electron chi connectivity index (χ1n) is 7.90.